The molecular weight excluding hydrogens is 324 g/mol. The highest BCUT2D eigenvalue weighted by Gasteiger charge is 2.26. The summed E-state index contributed by atoms with van der Waals surface area (Å²) in [5.74, 6) is -0.213. The lowest BCUT2D eigenvalue weighted by Crippen LogP contribution is -2.31. The lowest BCUT2D eigenvalue weighted by molar-refractivity contribution is -0.122. The number of carbonyl (C=O) groups excluding carboxylic acids is 2. The number of fused-ring (bicyclic) bond motifs is 1. The van der Waals surface area contributed by atoms with E-state index in [2.05, 4.69) is 10.6 Å². The van der Waals surface area contributed by atoms with Gasteiger partial charge in [0.1, 0.15) is 0 Å². The molecule has 1 heterocycles. The fourth-order valence-electron chi connectivity index (χ4n) is 2.89. The summed E-state index contributed by atoms with van der Waals surface area (Å²) in [5.41, 5.74) is 2.96. The first-order chi connectivity index (χ1) is 11.6. The highest BCUT2D eigenvalue weighted by molar-refractivity contribution is 6.30. The third kappa shape index (κ3) is 4.15. The zero-order valence-electron chi connectivity index (χ0n) is 13.2. The second-order valence-corrected chi connectivity index (χ2v) is 6.43. The van der Waals surface area contributed by atoms with E-state index in [0.717, 1.165) is 16.8 Å². The molecule has 0 aromatic heterocycles. The summed E-state index contributed by atoms with van der Waals surface area (Å²) in [7, 11) is 0. The van der Waals surface area contributed by atoms with E-state index < -0.39 is 0 Å². The van der Waals surface area contributed by atoms with Gasteiger partial charge < -0.3 is 10.6 Å². The van der Waals surface area contributed by atoms with Crippen molar-refractivity contribution in [2.75, 3.05) is 5.32 Å². The molecule has 1 aliphatic rings. The Balaban J connectivity index is 1.49. The van der Waals surface area contributed by atoms with Gasteiger partial charge in [-0.05, 0) is 42.2 Å². The number of hydrogen-bond donors (Lipinski definition) is 2. The Hall–Kier alpha value is -2.33. The third-order valence-electron chi connectivity index (χ3n) is 4.21. The van der Waals surface area contributed by atoms with Crippen LogP contribution in [-0.4, -0.2) is 11.8 Å². The highest BCUT2D eigenvalue weighted by atomic mass is 35.5. The minimum atomic E-state index is -0.156. The van der Waals surface area contributed by atoms with E-state index in [0.29, 0.717) is 30.8 Å². The van der Waals surface area contributed by atoms with Gasteiger partial charge in [0.25, 0.3) is 0 Å². The average Bonchev–Trinajstić information content (AvgIpc) is 2.58. The SMILES string of the molecule is O=C(CCC1Cc2ccccc2NC1=O)NCc1cccc(Cl)c1. The summed E-state index contributed by atoms with van der Waals surface area (Å²) < 4.78 is 0. The van der Waals surface area contributed by atoms with Crippen molar-refractivity contribution in [2.24, 2.45) is 5.92 Å². The summed E-state index contributed by atoms with van der Waals surface area (Å²) in [6, 6.07) is 15.2. The van der Waals surface area contributed by atoms with E-state index in [-0.39, 0.29) is 17.7 Å². The largest absolute Gasteiger partial charge is 0.352 e. The van der Waals surface area contributed by atoms with E-state index in [4.69, 9.17) is 11.6 Å². The summed E-state index contributed by atoms with van der Waals surface area (Å²) >= 11 is 5.92. The van der Waals surface area contributed by atoms with Crippen LogP contribution < -0.4 is 10.6 Å². The Morgan fingerprint density at radius 1 is 1.21 bits per heavy atom. The van der Waals surface area contributed by atoms with Gasteiger partial charge in [-0.15, -0.1) is 0 Å². The molecule has 2 aromatic carbocycles. The highest BCUT2D eigenvalue weighted by Crippen LogP contribution is 2.27. The Morgan fingerprint density at radius 2 is 2.04 bits per heavy atom. The molecule has 2 amide bonds. The summed E-state index contributed by atoms with van der Waals surface area (Å²) in [4.78, 5) is 24.1. The number of halogens is 1. The lowest BCUT2D eigenvalue weighted by atomic mass is 9.89. The Bertz CT molecular complexity index is 761. The fraction of sp³-hybridized carbons (Fsp3) is 0.263. The molecule has 0 radical (unpaired) electrons. The zero-order chi connectivity index (χ0) is 16.9. The van der Waals surface area contributed by atoms with Crippen molar-refractivity contribution in [3.63, 3.8) is 0 Å². The van der Waals surface area contributed by atoms with E-state index in [1.165, 1.54) is 0 Å². The molecule has 2 aromatic rings. The molecule has 0 spiro atoms. The van der Waals surface area contributed by atoms with Crippen molar-refractivity contribution in [3.05, 3.63) is 64.7 Å². The van der Waals surface area contributed by atoms with Gasteiger partial charge in [0.05, 0.1) is 0 Å². The molecule has 2 N–H and O–H groups in total. The van der Waals surface area contributed by atoms with E-state index in [1.807, 2.05) is 42.5 Å². The first kappa shape index (κ1) is 16.5. The number of hydrogen-bond acceptors (Lipinski definition) is 2. The second-order valence-electron chi connectivity index (χ2n) is 5.99. The number of benzene rings is 2. The van der Waals surface area contributed by atoms with Gasteiger partial charge in [-0.2, -0.15) is 0 Å². The number of carbonyl (C=O) groups is 2. The quantitative estimate of drug-likeness (QED) is 0.873. The van der Waals surface area contributed by atoms with Crippen molar-refractivity contribution >= 4 is 29.1 Å². The molecule has 24 heavy (non-hydrogen) atoms. The van der Waals surface area contributed by atoms with Gasteiger partial charge in [-0.25, -0.2) is 0 Å². The molecule has 5 heteroatoms. The van der Waals surface area contributed by atoms with Gasteiger partial charge in [0.15, 0.2) is 0 Å². The predicted octanol–water partition coefficient (Wildman–Crippen LogP) is 3.55. The second kappa shape index (κ2) is 7.49. The van der Waals surface area contributed by atoms with Crippen LogP contribution in [0.5, 0.6) is 0 Å². The number of para-hydroxylation sites is 1. The summed E-state index contributed by atoms with van der Waals surface area (Å²) in [6.07, 6.45) is 1.56. The van der Waals surface area contributed by atoms with Crippen LogP contribution in [0.25, 0.3) is 0 Å². The maximum atomic E-state index is 12.1. The molecule has 3 rings (SSSR count). The maximum Gasteiger partial charge on any atom is 0.227 e. The molecule has 1 atom stereocenters. The fourth-order valence-corrected chi connectivity index (χ4v) is 3.10. The molecule has 0 saturated carbocycles. The minimum absolute atomic E-state index is 0.00339. The molecule has 1 unspecified atom stereocenters. The van der Waals surface area contributed by atoms with Gasteiger partial charge in [0, 0.05) is 29.6 Å². The smallest absolute Gasteiger partial charge is 0.227 e. The van der Waals surface area contributed by atoms with Gasteiger partial charge in [0.2, 0.25) is 11.8 Å². The van der Waals surface area contributed by atoms with Crippen LogP contribution >= 0.6 is 11.6 Å². The molecule has 0 fully saturated rings. The van der Waals surface area contributed by atoms with Crippen molar-refractivity contribution in [1.82, 2.24) is 5.32 Å². The summed E-state index contributed by atoms with van der Waals surface area (Å²) in [5, 5.41) is 6.44. The van der Waals surface area contributed by atoms with Crippen molar-refractivity contribution in [1.29, 1.82) is 0 Å². The molecule has 0 aliphatic carbocycles. The van der Waals surface area contributed by atoms with Crippen molar-refractivity contribution in [2.45, 2.75) is 25.8 Å². The van der Waals surface area contributed by atoms with Crippen molar-refractivity contribution in [3.8, 4) is 0 Å². The van der Waals surface area contributed by atoms with Gasteiger partial charge in [-0.1, -0.05) is 41.9 Å². The topological polar surface area (TPSA) is 58.2 Å². The van der Waals surface area contributed by atoms with Crippen LogP contribution in [0.4, 0.5) is 5.69 Å². The van der Waals surface area contributed by atoms with Crippen LogP contribution in [0.2, 0.25) is 5.02 Å². The predicted molar refractivity (Wildman–Crippen MR) is 94.8 cm³/mol. The van der Waals surface area contributed by atoms with Crippen LogP contribution in [0.3, 0.4) is 0 Å². The normalized spacial score (nSPS) is 16.2. The molecule has 124 valence electrons. The molecule has 0 bridgehead atoms. The standard InChI is InChI=1S/C19H19ClN2O2/c20-16-6-3-4-13(10-16)12-21-18(23)9-8-15-11-14-5-1-2-7-17(14)22-19(15)24/h1-7,10,15H,8-9,11-12H2,(H,21,23)(H,22,24). The maximum absolute atomic E-state index is 12.1. The van der Waals surface area contributed by atoms with E-state index in [1.54, 1.807) is 6.07 Å². The van der Waals surface area contributed by atoms with Crippen LogP contribution in [-0.2, 0) is 22.6 Å². The first-order valence-corrected chi connectivity index (χ1v) is 8.39. The monoisotopic (exact) mass is 342 g/mol. The van der Waals surface area contributed by atoms with E-state index >= 15 is 0 Å². The lowest BCUT2D eigenvalue weighted by Gasteiger charge is -2.24. The van der Waals surface area contributed by atoms with E-state index in [9.17, 15) is 9.59 Å². The number of anilines is 1. The first-order valence-electron chi connectivity index (χ1n) is 8.02. The van der Waals surface area contributed by atoms with Crippen molar-refractivity contribution < 1.29 is 9.59 Å². The van der Waals surface area contributed by atoms with Gasteiger partial charge in [-0.3, -0.25) is 9.59 Å². The van der Waals surface area contributed by atoms with Crippen LogP contribution in [0.15, 0.2) is 48.5 Å². The summed E-state index contributed by atoms with van der Waals surface area (Å²) in [6.45, 7) is 0.444. The molecule has 4 nitrogen and oxygen atoms in total. The average molecular weight is 343 g/mol. The molecule has 1 aliphatic heterocycles. The van der Waals surface area contributed by atoms with Crippen LogP contribution in [0.1, 0.15) is 24.0 Å². The number of amides is 2. The Labute approximate surface area is 146 Å². The molecular formula is C19H19ClN2O2. The molecule has 0 saturated heterocycles. The van der Waals surface area contributed by atoms with Crippen LogP contribution in [0, 0.1) is 5.92 Å². The Morgan fingerprint density at radius 3 is 2.88 bits per heavy atom. The number of rotatable bonds is 5. The third-order valence-corrected chi connectivity index (χ3v) is 4.45. The Kier molecular flexibility index (Phi) is 5.16. The number of nitrogens with one attached hydrogen (secondary N) is 2. The van der Waals surface area contributed by atoms with Gasteiger partial charge >= 0.3 is 0 Å². The minimum Gasteiger partial charge on any atom is -0.352 e. The zero-order valence-corrected chi connectivity index (χ0v) is 14.0.